The molecule has 9 nitrogen and oxygen atoms in total. The molecule has 2 aromatic carbocycles. The number of piperazine rings is 1. The number of H-pyrrole nitrogens is 1. The van der Waals surface area contributed by atoms with Gasteiger partial charge in [-0.25, -0.2) is 0 Å². The molecule has 5 rings (SSSR count). The molecule has 2 aliphatic rings. The third-order valence-electron chi connectivity index (χ3n) is 6.54. The summed E-state index contributed by atoms with van der Waals surface area (Å²) in [6.07, 6.45) is 1.53. The van der Waals surface area contributed by atoms with Crippen molar-refractivity contribution >= 4 is 34.3 Å². The molecule has 4 N–H and O–H groups in total. The van der Waals surface area contributed by atoms with Gasteiger partial charge in [0.15, 0.2) is 0 Å². The number of nitrogens with zero attached hydrogens (tertiary/aromatic N) is 2. The van der Waals surface area contributed by atoms with E-state index in [9.17, 15) is 9.59 Å². The van der Waals surface area contributed by atoms with Crippen LogP contribution in [0.15, 0.2) is 53.5 Å². The maximum absolute atomic E-state index is 13.2. The molecule has 2 aliphatic heterocycles. The van der Waals surface area contributed by atoms with Crippen LogP contribution in [0.3, 0.4) is 0 Å². The van der Waals surface area contributed by atoms with Gasteiger partial charge in [-0.15, -0.1) is 0 Å². The lowest BCUT2D eigenvalue weighted by molar-refractivity contribution is 0.102. The average molecular weight is 475 g/mol. The van der Waals surface area contributed by atoms with Gasteiger partial charge < -0.3 is 35.5 Å². The molecule has 0 saturated carbocycles. The summed E-state index contributed by atoms with van der Waals surface area (Å²) in [7, 11) is 2.13. The van der Waals surface area contributed by atoms with Crippen LogP contribution in [-0.2, 0) is 0 Å². The molecule has 0 atom stereocenters. The number of carbonyl (C=O) groups is 1. The molecule has 35 heavy (non-hydrogen) atoms. The number of pyridine rings is 1. The Morgan fingerprint density at radius 2 is 1.77 bits per heavy atom. The largest absolute Gasteiger partial charge is 0.490 e. The van der Waals surface area contributed by atoms with Crippen molar-refractivity contribution in [3.8, 4) is 5.75 Å². The lowest BCUT2D eigenvalue weighted by Crippen LogP contribution is -2.44. The van der Waals surface area contributed by atoms with E-state index in [0.29, 0.717) is 18.0 Å². The summed E-state index contributed by atoms with van der Waals surface area (Å²) in [6, 6.07) is 13.2. The normalized spacial score (nSPS) is 15.5. The van der Waals surface area contributed by atoms with E-state index in [4.69, 9.17) is 4.74 Å². The van der Waals surface area contributed by atoms with Crippen LogP contribution >= 0.6 is 0 Å². The van der Waals surface area contributed by atoms with E-state index in [1.807, 2.05) is 43.3 Å². The number of carbonyl (C=O) groups excluding carboxylic acids is 1. The Labute approximate surface area is 204 Å². The van der Waals surface area contributed by atoms with Crippen molar-refractivity contribution in [1.82, 2.24) is 9.88 Å². The van der Waals surface area contributed by atoms with Crippen LogP contribution < -0.4 is 31.1 Å². The third kappa shape index (κ3) is 4.81. The first kappa shape index (κ1) is 22.8. The number of ether oxygens (including phenoxy) is 1. The maximum Gasteiger partial charge on any atom is 0.263 e. The summed E-state index contributed by atoms with van der Waals surface area (Å²) >= 11 is 0. The molecular formula is C26H30N6O3. The van der Waals surface area contributed by atoms with Gasteiger partial charge in [0, 0.05) is 56.0 Å². The second-order valence-electron chi connectivity index (χ2n) is 8.90. The highest BCUT2D eigenvalue weighted by Crippen LogP contribution is 2.36. The highest BCUT2D eigenvalue weighted by molar-refractivity contribution is 6.08. The number of amides is 1. The highest BCUT2D eigenvalue weighted by Gasteiger charge is 2.20. The summed E-state index contributed by atoms with van der Waals surface area (Å²) in [4.78, 5) is 33.1. The molecule has 1 fully saturated rings. The SMILES string of the molecule is Cc1c(Nc2cc[nH]c(=O)c2C(=O)Nc2ccc(N3CCN(C)CC3)cc2)ccc2c1NCCO2. The van der Waals surface area contributed by atoms with Crippen molar-refractivity contribution in [2.45, 2.75) is 6.92 Å². The number of anilines is 5. The molecule has 1 amide bonds. The van der Waals surface area contributed by atoms with Crippen LogP contribution in [0.2, 0.25) is 0 Å². The Morgan fingerprint density at radius 1 is 1.00 bits per heavy atom. The predicted octanol–water partition coefficient (Wildman–Crippen LogP) is 3.24. The minimum absolute atomic E-state index is 0.0250. The monoisotopic (exact) mass is 474 g/mol. The molecule has 0 bridgehead atoms. The van der Waals surface area contributed by atoms with E-state index in [1.54, 1.807) is 6.07 Å². The van der Waals surface area contributed by atoms with Crippen LogP contribution in [0.5, 0.6) is 5.75 Å². The summed E-state index contributed by atoms with van der Waals surface area (Å²) < 4.78 is 5.69. The minimum atomic E-state index is -0.473. The number of benzene rings is 2. The van der Waals surface area contributed by atoms with Crippen molar-refractivity contribution in [2.24, 2.45) is 0 Å². The number of fused-ring (bicyclic) bond motifs is 1. The Bertz CT molecular complexity index is 1280. The van der Waals surface area contributed by atoms with E-state index in [1.165, 1.54) is 6.20 Å². The number of nitrogens with one attached hydrogen (secondary N) is 4. The fraction of sp³-hybridized carbons (Fsp3) is 0.308. The number of hydrogen-bond donors (Lipinski definition) is 4. The summed E-state index contributed by atoms with van der Waals surface area (Å²) in [5.74, 6) is 0.321. The average Bonchev–Trinajstić information content (AvgIpc) is 2.87. The first-order valence-electron chi connectivity index (χ1n) is 11.8. The first-order chi connectivity index (χ1) is 17.0. The second-order valence-corrected chi connectivity index (χ2v) is 8.90. The second kappa shape index (κ2) is 9.71. The molecule has 9 heteroatoms. The molecule has 1 aromatic heterocycles. The molecule has 0 spiro atoms. The van der Waals surface area contributed by atoms with E-state index in [0.717, 1.165) is 61.1 Å². The molecule has 0 aliphatic carbocycles. The number of aromatic amines is 1. The van der Waals surface area contributed by atoms with Gasteiger partial charge in [0.1, 0.15) is 17.9 Å². The Morgan fingerprint density at radius 3 is 2.54 bits per heavy atom. The third-order valence-corrected chi connectivity index (χ3v) is 6.54. The maximum atomic E-state index is 13.2. The van der Waals surface area contributed by atoms with Gasteiger partial charge in [-0.05, 0) is 62.0 Å². The van der Waals surface area contributed by atoms with E-state index < -0.39 is 11.5 Å². The molecule has 0 unspecified atom stereocenters. The Balaban J connectivity index is 1.34. The van der Waals surface area contributed by atoms with E-state index >= 15 is 0 Å². The lowest BCUT2D eigenvalue weighted by Gasteiger charge is -2.34. The smallest absolute Gasteiger partial charge is 0.263 e. The van der Waals surface area contributed by atoms with E-state index in [2.05, 4.69) is 37.8 Å². The van der Waals surface area contributed by atoms with Crippen LogP contribution in [-0.4, -0.2) is 62.2 Å². The standard InChI is InChI=1S/C26H30N6O3/c1-17-20(7-8-22-24(17)27-11-16-35-22)30-21-9-10-28-25(33)23(21)26(34)29-18-3-5-19(6-4-18)32-14-12-31(2)13-15-32/h3-10,27H,11-16H2,1-2H3,(H,29,34)(H2,28,30,33). The van der Waals surface area contributed by atoms with Crippen molar-refractivity contribution in [3.05, 3.63) is 70.1 Å². The van der Waals surface area contributed by atoms with Gasteiger partial charge in [-0.1, -0.05) is 0 Å². The van der Waals surface area contributed by atoms with Crippen LogP contribution in [0, 0.1) is 6.92 Å². The minimum Gasteiger partial charge on any atom is -0.490 e. The summed E-state index contributed by atoms with van der Waals surface area (Å²) in [6.45, 7) is 7.31. The van der Waals surface area contributed by atoms with Crippen molar-refractivity contribution in [1.29, 1.82) is 0 Å². The Kier molecular flexibility index (Phi) is 6.33. The fourth-order valence-corrected chi connectivity index (χ4v) is 4.47. The van der Waals surface area contributed by atoms with Crippen LogP contribution in [0.1, 0.15) is 15.9 Å². The van der Waals surface area contributed by atoms with Gasteiger partial charge in [-0.2, -0.15) is 0 Å². The van der Waals surface area contributed by atoms with E-state index in [-0.39, 0.29) is 5.56 Å². The zero-order chi connectivity index (χ0) is 24.4. The quantitative estimate of drug-likeness (QED) is 0.450. The van der Waals surface area contributed by atoms with Crippen molar-refractivity contribution in [3.63, 3.8) is 0 Å². The van der Waals surface area contributed by atoms with Gasteiger partial charge in [0.25, 0.3) is 11.5 Å². The highest BCUT2D eigenvalue weighted by atomic mass is 16.5. The van der Waals surface area contributed by atoms with Crippen LogP contribution in [0.4, 0.5) is 28.4 Å². The number of hydrogen-bond acceptors (Lipinski definition) is 7. The van der Waals surface area contributed by atoms with Crippen molar-refractivity contribution < 1.29 is 9.53 Å². The number of likely N-dealkylation sites (N-methyl/N-ethyl adjacent to an activating group) is 1. The molecule has 0 radical (unpaired) electrons. The van der Waals surface area contributed by atoms with Gasteiger partial charge in [0.05, 0.1) is 11.4 Å². The number of aromatic nitrogens is 1. The van der Waals surface area contributed by atoms with Gasteiger partial charge in [0.2, 0.25) is 0 Å². The molecule has 3 aromatic rings. The van der Waals surface area contributed by atoms with Crippen molar-refractivity contribution in [2.75, 3.05) is 67.2 Å². The molecule has 3 heterocycles. The van der Waals surface area contributed by atoms with Gasteiger partial charge >= 0.3 is 0 Å². The van der Waals surface area contributed by atoms with Crippen LogP contribution in [0.25, 0.3) is 0 Å². The topological polar surface area (TPSA) is 102 Å². The molecule has 182 valence electrons. The Hall–Kier alpha value is -3.98. The molecular weight excluding hydrogens is 444 g/mol. The van der Waals surface area contributed by atoms with Gasteiger partial charge in [-0.3, -0.25) is 9.59 Å². The number of rotatable bonds is 5. The summed E-state index contributed by atoms with van der Waals surface area (Å²) in [5.41, 5.74) is 4.41. The fourth-order valence-electron chi connectivity index (χ4n) is 4.47. The molecule has 1 saturated heterocycles. The summed E-state index contributed by atoms with van der Waals surface area (Å²) in [5, 5.41) is 9.49. The zero-order valence-electron chi connectivity index (χ0n) is 20.0. The predicted molar refractivity (Wildman–Crippen MR) is 140 cm³/mol. The zero-order valence-corrected chi connectivity index (χ0v) is 20.0. The first-order valence-corrected chi connectivity index (χ1v) is 11.8. The lowest BCUT2D eigenvalue weighted by atomic mass is 10.1.